The Morgan fingerprint density at radius 1 is 1.48 bits per heavy atom. The molecule has 6 heteroatoms. The van der Waals surface area contributed by atoms with Gasteiger partial charge in [-0.3, -0.25) is 4.79 Å². The van der Waals surface area contributed by atoms with Gasteiger partial charge >= 0.3 is 0 Å². The number of ether oxygens (including phenoxy) is 2. The third-order valence-electron chi connectivity index (χ3n) is 5.00. The molecule has 0 unspecified atom stereocenters. The van der Waals surface area contributed by atoms with E-state index in [0.29, 0.717) is 18.8 Å². The van der Waals surface area contributed by atoms with Crippen molar-refractivity contribution in [2.45, 2.75) is 57.3 Å². The summed E-state index contributed by atoms with van der Waals surface area (Å²) in [5.74, 6) is 0.365. The van der Waals surface area contributed by atoms with E-state index in [1.165, 1.54) is 12.0 Å². The fourth-order valence-electron chi connectivity index (χ4n) is 3.42. The van der Waals surface area contributed by atoms with Crippen LogP contribution >= 0.6 is 11.3 Å². The second-order valence-corrected chi connectivity index (χ2v) is 7.47. The molecular weight excluding hydrogens is 338 g/mol. The quantitative estimate of drug-likeness (QED) is 0.742. The number of thiophene rings is 1. The molecule has 138 valence electrons. The number of amides is 1. The summed E-state index contributed by atoms with van der Waals surface area (Å²) in [6, 6.07) is 2.36. The van der Waals surface area contributed by atoms with E-state index in [9.17, 15) is 9.90 Å². The van der Waals surface area contributed by atoms with Gasteiger partial charge in [-0.15, -0.1) is 0 Å². The molecule has 0 saturated heterocycles. The van der Waals surface area contributed by atoms with Gasteiger partial charge in [-0.2, -0.15) is 11.3 Å². The molecule has 1 aliphatic heterocycles. The Hall–Kier alpha value is -1.37. The Bertz CT molecular complexity index is 582. The van der Waals surface area contributed by atoms with Crippen molar-refractivity contribution in [1.29, 1.82) is 0 Å². The number of aliphatic hydroxyl groups excluding tert-OH is 1. The Balaban J connectivity index is 1.83. The van der Waals surface area contributed by atoms with E-state index in [2.05, 4.69) is 16.8 Å². The zero-order valence-corrected chi connectivity index (χ0v) is 15.5. The van der Waals surface area contributed by atoms with E-state index in [1.54, 1.807) is 11.3 Å². The predicted molar refractivity (Wildman–Crippen MR) is 97.2 cm³/mol. The van der Waals surface area contributed by atoms with Crippen molar-refractivity contribution in [3.8, 4) is 0 Å². The van der Waals surface area contributed by atoms with Gasteiger partial charge in [0, 0.05) is 31.1 Å². The summed E-state index contributed by atoms with van der Waals surface area (Å²) in [6.07, 6.45) is 6.21. The van der Waals surface area contributed by atoms with Crippen LogP contribution in [0.15, 0.2) is 28.7 Å². The summed E-state index contributed by atoms with van der Waals surface area (Å²) in [7, 11) is 0. The van der Waals surface area contributed by atoms with Crippen molar-refractivity contribution >= 4 is 17.2 Å². The Morgan fingerprint density at radius 2 is 2.32 bits per heavy atom. The van der Waals surface area contributed by atoms with Crippen molar-refractivity contribution in [3.05, 3.63) is 34.2 Å². The molecule has 2 aliphatic rings. The third-order valence-corrected chi connectivity index (χ3v) is 5.71. The molecule has 2 heterocycles. The van der Waals surface area contributed by atoms with E-state index < -0.39 is 6.29 Å². The lowest BCUT2D eigenvalue weighted by molar-refractivity contribution is -0.167. The van der Waals surface area contributed by atoms with E-state index >= 15 is 0 Å². The molecule has 1 aliphatic carbocycles. The monoisotopic (exact) mass is 365 g/mol. The largest absolute Gasteiger partial charge is 0.459 e. The first-order valence-corrected chi connectivity index (χ1v) is 10.1. The summed E-state index contributed by atoms with van der Waals surface area (Å²) in [5.41, 5.74) is 1.18. The molecule has 1 amide bonds. The van der Waals surface area contributed by atoms with Gasteiger partial charge in [-0.25, -0.2) is 0 Å². The first kappa shape index (κ1) is 18.4. The van der Waals surface area contributed by atoms with Gasteiger partial charge in [-0.1, -0.05) is 0 Å². The van der Waals surface area contributed by atoms with Gasteiger partial charge in [0.05, 0.1) is 0 Å². The molecule has 1 aromatic rings. The summed E-state index contributed by atoms with van der Waals surface area (Å²) in [6.45, 7) is 2.59. The van der Waals surface area contributed by atoms with Gasteiger partial charge in [0.1, 0.15) is 0 Å². The molecule has 3 rings (SSSR count). The van der Waals surface area contributed by atoms with Crippen molar-refractivity contribution in [3.63, 3.8) is 0 Å². The first-order chi connectivity index (χ1) is 12.2. The highest BCUT2D eigenvalue weighted by Gasteiger charge is 2.38. The predicted octanol–water partition coefficient (Wildman–Crippen LogP) is 3.17. The Morgan fingerprint density at radius 3 is 2.92 bits per heavy atom. The SMILES string of the molecule is CCO[C@H]1OC(C(=O)NC2CCC2)=C[C@@H](c2ccsc2)[C@H]1CCCO. The van der Waals surface area contributed by atoms with E-state index in [0.717, 1.165) is 19.3 Å². The minimum atomic E-state index is -0.464. The number of carbonyl (C=O) groups excluding carboxylic acids is 1. The Kier molecular flexibility index (Phi) is 6.51. The molecule has 1 saturated carbocycles. The average molecular weight is 365 g/mol. The summed E-state index contributed by atoms with van der Waals surface area (Å²) in [4.78, 5) is 12.6. The lowest BCUT2D eigenvalue weighted by Gasteiger charge is -2.37. The molecular formula is C19H27NO4S. The molecule has 0 spiro atoms. The molecule has 3 atom stereocenters. The van der Waals surface area contributed by atoms with Gasteiger partial charge in [0.25, 0.3) is 5.91 Å². The normalized spacial score (nSPS) is 26.5. The van der Waals surface area contributed by atoms with Crippen molar-refractivity contribution in [2.24, 2.45) is 5.92 Å². The maximum absolute atomic E-state index is 12.6. The fraction of sp³-hybridized carbons (Fsp3) is 0.632. The molecule has 1 aromatic heterocycles. The van der Waals surface area contributed by atoms with Crippen molar-refractivity contribution in [1.82, 2.24) is 5.32 Å². The first-order valence-electron chi connectivity index (χ1n) is 9.16. The maximum atomic E-state index is 12.6. The minimum Gasteiger partial charge on any atom is -0.459 e. The van der Waals surface area contributed by atoms with Crippen LogP contribution in [-0.4, -0.2) is 36.6 Å². The number of rotatable bonds is 8. The van der Waals surface area contributed by atoms with Crippen LogP contribution in [0.3, 0.4) is 0 Å². The van der Waals surface area contributed by atoms with Gasteiger partial charge in [-0.05, 0) is 67.5 Å². The van der Waals surface area contributed by atoms with Crippen LogP contribution in [0.5, 0.6) is 0 Å². The number of carbonyl (C=O) groups is 1. The zero-order chi connectivity index (χ0) is 17.6. The van der Waals surface area contributed by atoms with Crippen LogP contribution in [0.25, 0.3) is 0 Å². The second-order valence-electron chi connectivity index (χ2n) is 6.69. The van der Waals surface area contributed by atoms with Crippen LogP contribution in [0, 0.1) is 5.92 Å². The van der Waals surface area contributed by atoms with Crippen LogP contribution < -0.4 is 5.32 Å². The molecule has 2 N–H and O–H groups in total. The van der Waals surface area contributed by atoms with Crippen LogP contribution in [0.1, 0.15) is 50.5 Å². The highest BCUT2D eigenvalue weighted by Crippen LogP contribution is 2.40. The molecule has 1 fully saturated rings. The highest BCUT2D eigenvalue weighted by atomic mass is 32.1. The van der Waals surface area contributed by atoms with Gasteiger partial charge < -0.3 is 19.9 Å². The standard InChI is InChI=1S/C19H27NO4S/c1-2-23-19-15(7-4-9-21)16(13-8-10-25-12-13)11-17(24-19)18(22)20-14-5-3-6-14/h8,10-12,14-16,19,21H,2-7,9H2,1H3,(H,20,22)/t15-,16+,19+/m1/s1. The highest BCUT2D eigenvalue weighted by molar-refractivity contribution is 7.08. The zero-order valence-electron chi connectivity index (χ0n) is 14.6. The maximum Gasteiger partial charge on any atom is 0.286 e. The molecule has 5 nitrogen and oxygen atoms in total. The second kappa shape index (κ2) is 8.83. The van der Waals surface area contributed by atoms with E-state index in [4.69, 9.17) is 9.47 Å². The number of allylic oxidation sites excluding steroid dienone is 1. The van der Waals surface area contributed by atoms with Crippen molar-refractivity contribution < 1.29 is 19.4 Å². The van der Waals surface area contributed by atoms with Gasteiger partial charge in [0.15, 0.2) is 5.76 Å². The lowest BCUT2D eigenvalue weighted by atomic mass is 9.81. The Labute approximate surface area is 153 Å². The number of nitrogens with one attached hydrogen (secondary N) is 1. The van der Waals surface area contributed by atoms with E-state index in [1.807, 2.05) is 18.4 Å². The van der Waals surface area contributed by atoms with Crippen LogP contribution in [0.2, 0.25) is 0 Å². The van der Waals surface area contributed by atoms with Crippen LogP contribution in [0.4, 0.5) is 0 Å². The fourth-order valence-corrected chi connectivity index (χ4v) is 4.13. The van der Waals surface area contributed by atoms with Crippen molar-refractivity contribution in [2.75, 3.05) is 13.2 Å². The minimum absolute atomic E-state index is 0.0604. The van der Waals surface area contributed by atoms with Crippen LogP contribution in [-0.2, 0) is 14.3 Å². The average Bonchev–Trinajstić information content (AvgIpc) is 3.11. The summed E-state index contributed by atoms with van der Waals surface area (Å²) in [5, 5.41) is 16.5. The molecule has 0 radical (unpaired) electrons. The third kappa shape index (κ3) is 4.43. The number of hydrogen-bond acceptors (Lipinski definition) is 5. The van der Waals surface area contributed by atoms with Gasteiger partial charge in [0.2, 0.25) is 6.29 Å². The molecule has 0 aromatic carbocycles. The molecule has 0 bridgehead atoms. The smallest absolute Gasteiger partial charge is 0.286 e. The summed E-state index contributed by atoms with van der Waals surface area (Å²) >= 11 is 1.65. The van der Waals surface area contributed by atoms with E-state index in [-0.39, 0.29) is 30.4 Å². The summed E-state index contributed by atoms with van der Waals surface area (Å²) < 4.78 is 11.8. The number of aliphatic hydroxyl groups is 1. The lowest BCUT2D eigenvalue weighted by Crippen LogP contribution is -2.43. The molecule has 25 heavy (non-hydrogen) atoms. The number of hydrogen-bond donors (Lipinski definition) is 2. The topological polar surface area (TPSA) is 67.8 Å².